The largest absolute Gasteiger partial charge is 0.494 e. The molecule has 2 N–H and O–H groups in total. The van der Waals surface area contributed by atoms with Gasteiger partial charge in [-0.1, -0.05) is 0 Å². The van der Waals surface area contributed by atoms with E-state index in [1.165, 1.54) is 19.2 Å². The van der Waals surface area contributed by atoms with Crippen LogP contribution in [0.1, 0.15) is 40.5 Å². The number of nitrogens with zero attached hydrogens (tertiary/aromatic N) is 5. The molecule has 0 bridgehead atoms. The van der Waals surface area contributed by atoms with Gasteiger partial charge in [0.05, 0.1) is 19.3 Å². The summed E-state index contributed by atoms with van der Waals surface area (Å²) in [5.41, 5.74) is 6.22. The molecule has 0 radical (unpaired) electrons. The van der Waals surface area contributed by atoms with Crippen molar-refractivity contribution in [3.63, 3.8) is 0 Å². The summed E-state index contributed by atoms with van der Waals surface area (Å²) in [6.07, 6.45) is 2.85. The maximum atomic E-state index is 13.4. The number of oxazole rings is 1. The molecule has 1 aliphatic rings. The van der Waals surface area contributed by atoms with E-state index in [1.54, 1.807) is 29.6 Å². The molecule has 9 nitrogen and oxygen atoms in total. The maximum Gasteiger partial charge on any atom is 0.433 e. The Bertz CT molecular complexity index is 1450. The highest BCUT2D eigenvalue weighted by atomic mass is 19.4. The van der Waals surface area contributed by atoms with E-state index in [-0.39, 0.29) is 41.1 Å². The normalized spacial score (nSPS) is 14.7. The van der Waals surface area contributed by atoms with Crippen molar-refractivity contribution in [1.29, 1.82) is 0 Å². The Balaban J connectivity index is 1.40. The molecular formula is C26H25F3N6O3. The van der Waals surface area contributed by atoms with Gasteiger partial charge >= 0.3 is 6.18 Å². The Labute approximate surface area is 215 Å². The van der Waals surface area contributed by atoms with Gasteiger partial charge in [-0.3, -0.25) is 14.8 Å². The number of benzene rings is 1. The van der Waals surface area contributed by atoms with Crippen LogP contribution < -0.4 is 10.5 Å². The summed E-state index contributed by atoms with van der Waals surface area (Å²) >= 11 is 0. The SMILES string of the molecule is COc1ccc(-c2nc(C(=O)N3CCC(Cc4cnccn4)CC3)c(CN)o2)c2ccc(C(F)(F)F)nc12. The summed E-state index contributed by atoms with van der Waals surface area (Å²) < 4.78 is 50.9. The van der Waals surface area contributed by atoms with Gasteiger partial charge < -0.3 is 19.8 Å². The van der Waals surface area contributed by atoms with Crippen LogP contribution in [0.5, 0.6) is 5.75 Å². The van der Waals surface area contributed by atoms with Crippen molar-refractivity contribution < 1.29 is 27.1 Å². The highest BCUT2D eigenvalue weighted by Gasteiger charge is 2.33. The van der Waals surface area contributed by atoms with Gasteiger partial charge in [0, 0.05) is 42.6 Å². The third kappa shape index (κ3) is 5.03. The number of carbonyl (C=O) groups excluding carboxylic acids is 1. The van der Waals surface area contributed by atoms with E-state index < -0.39 is 11.9 Å². The molecule has 0 unspecified atom stereocenters. The van der Waals surface area contributed by atoms with Crippen LogP contribution in [0, 0.1) is 5.92 Å². The molecule has 12 heteroatoms. The lowest BCUT2D eigenvalue weighted by Gasteiger charge is -2.31. The van der Waals surface area contributed by atoms with Crippen molar-refractivity contribution in [2.45, 2.75) is 32.0 Å². The van der Waals surface area contributed by atoms with Gasteiger partial charge in [0.25, 0.3) is 5.91 Å². The summed E-state index contributed by atoms with van der Waals surface area (Å²) in [6.45, 7) is 1.03. The minimum absolute atomic E-state index is 0.00498. The minimum Gasteiger partial charge on any atom is -0.494 e. The molecule has 198 valence electrons. The monoisotopic (exact) mass is 526 g/mol. The number of rotatable bonds is 6. The maximum absolute atomic E-state index is 13.4. The number of fused-ring (bicyclic) bond motifs is 1. The highest BCUT2D eigenvalue weighted by Crippen LogP contribution is 2.37. The predicted molar refractivity (Wildman–Crippen MR) is 131 cm³/mol. The van der Waals surface area contributed by atoms with Gasteiger partial charge in [0.2, 0.25) is 5.89 Å². The number of ether oxygens (including phenoxy) is 1. The molecule has 1 fully saturated rings. The van der Waals surface area contributed by atoms with Gasteiger partial charge in [-0.2, -0.15) is 13.2 Å². The first-order chi connectivity index (χ1) is 18.3. The average molecular weight is 527 g/mol. The van der Waals surface area contributed by atoms with E-state index in [2.05, 4.69) is 19.9 Å². The van der Waals surface area contributed by atoms with E-state index in [1.807, 2.05) is 0 Å². The van der Waals surface area contributed by atoms with Crippen molar-refractivity contribution >= 4 is 16.8 Å². The van der Waals surface area contributed by atoms with Crippen molar-refractivity contribution in [2.24, 2.45) is 11.7 Å². The standard InChI is InChI=1S/C26H25F3N6O3/c1-37-19-4-2-18(17-3-5-21(26(27,28)29)33-22(17)19)24-34-23(20(13-30)38-24)25(36)35-10-6-15(7-11-35)12-16-14-31-8-9-32-16/h2-5,8-9,14-15H,6-7,10-13,30H2,1H3. The third-order valence-electron chi connectivity index (χ3n) is 6.66. The van der Waals surface area contributed by atoms with Crippen LogP contribution in [-0.4, -0.2) is 50.9 Å². The molecule has 38 heavy (non-hydrogen) atoms. The minimum atomic E-state index is -4.62. The molecule has 0 atom stereocenters. The lowest BCUT2D eigenvalue weighted by molar-refractivity contribution is -0.140. The molecular weight excluding hydrogens is 501 g/mol. The zero-order valence-electron chi connectivity index (χ0n) is 20.5. The van der Waals surface area contributed by atoms with Gasteiger partial charge in [-0.25, -0.2) is 9.97 Å². The zero-order chi connectivity index (χ0) is 26.9. The number of methoxy groups -OCH3 is 1. The van der Waals surface area contributed by atoms with E-state index >= 15 is 0 Å². The molecule has 1 aromatic carbocycles. The topological polar surface area (TPSA) is 120 Å². The van der Waals surface area contributed by atoms with Crippen LogP contribution in [-0.2, 0) is 19.1 Å². The Kier molecular flexibility index (Phi) is 6.98. The van der Waals surface area contributed by atoms with Crippen LogP contribution >= 0.6 is 0 Å². The lowest BCUT2D eigenvalue weighted by Crippen LogP contribution is -2.39. The average Bonchev–Trinajstić information content (AvgIpc) is 3.36. The van der Waals surface area contributed by atoms with Gasteiger partial charge in [0.15, 0.2) is 11.5 Å². The first-order valence-corrected chi connectivity index (χ1v) is 12.1. The lowest BCUT2D eigenvalue weighted by atomic mass is 9.92. The molecule has 4 heterocycles. The fourth-order valence-corrected chi connectivity index (χ4v) is 4.69. The number of carbonyl (C=O) groups is 1. The molecule has 0 spiro atoms. The number of halogens is 3. The number of hydrogen-bond acceptors (Lipinski definition) is 8. The number of nitrogens with two attached hydrogens (primary N) is 1. The Morgan fingerprint density at radius 2 is 1.95 bits per heavy atom. The number of pyridine rings is 1. The molecule has 1 amide bonds. The van der Waals surface area contributed by atoms with E-state index in [0.29, 0.717) is 30.0 Å². The van der Waals surface area contributed by atoms with Gasteiger partial charge in [-0.15, -0.1) is 0 Å². The Hall–Kier alpha value is -4.06. The highest BCUT2D eigenvalue weighted by molar-refractivity contribution is 5.98. The van der Waals surface area contributed by atoms with E-state index in [4.69, 9.17) is 14.9 Å². The summed E-state index contributed by atoms with van der Waals surface area (Å²) in [7, 11) is 1.35. The first kappa shape index (κ1) is 25.6. The van der Waals surface area contributed by atoms with Crippen LogP contribution in [0.15, 0.2) is 47.3 Å². The van der Waals surface area contributed by atoms with E-state index in [0.717, 1.165) is 31.0 Å². The number of piperidine rings is 1. The van der Waals surface area contributed by atoms with Crippen LogP contribution in [0.25, 0.3) is 22.4 Å². The fraction of sp³-hybridized carbons (Fsp3) is 0.346. The number of likely N-dealkylation sites (tertiary alicyclic amines) is 1. The Morgan fingerprint density at radius 3 is 2.61 bits per heavy atom. The number of aromatic nitrogens is 4. The molecule has 0 aliphatic carbocycles. The second-order valence-electron chi connectivity index (χ2n) is 9.04. The first-order valence-electron chi connectivity index (χ1n) is 12.1. The summed E-state index contributed by atoms with van der Waals surface area (Å²) in [5, 5.41) is 0.339. The predicted octanol–water partition coefficient (Wildman–Crippen LogP) is 4.26. The molecule has 5 rings (SSSR count). The third-order valence-corrected chi connectivity index (χ3v) is 6.66. The molecule has 4 aromatic rings. The summed E-state index contributed by atoms with van der Waals surface area (Å²) in [4.78, 5) is 31.7. The molecule has 1 aliphatic heterocycles. The van der Waals surface area contributed by atoms with Gasteiger partial charge in [-0.05, 0) is 49.4 Å². The van der Waals surface area contributed by atoms with E-state index in [9.17, 15) is 18.0 Å². The Morgan fingerprint density at radius 1 is 1.16 bits per heavy atom. The fourth-order valence-electron chi connectivity index (χ4n) is 4.69. The van der Waals surface area contributed by atoms with Crippen molar-refractivity contribution in [3.8, 4) is 17.2 Å². The quantitative estimate of drug-likeness (QED) is 0.396. The van der Waals surface area contributed by atoms with Crippen LogP contribution in [0.4, 0.5) is 13.2 Å². The van der Waals surface area contributed by atoms with Crippen molar-refractivity contribution in [3.05, 3.63) is 65.7 Å². The molecule has 3 aromatic heterocycles. The molecule has 1 saturated heterocycles. The van der Waals surface area contributed by atoms with Crippen molar-refractivity contribution in [1.82, 2.24) is 24.8 Å². The van der Waals surface area contributed by atoms with Crippen molar-refractivity contribution in [2.75, 3.05) is 20.2 Å². The number of hydrogen-bond donors (Lipinski definition) is 1. The summed E-state index contributed by atoms with van der Waals surface area (Å²) in [6, 6.07) is 5.27. The summed E-state index contributed by atoms with van der Waals surface area (Å²) in [5.74, 6) is 0.531. The second kappa shape index (κ2) is 10.4. The van der Waals surface area contributed by atoms with Crippen LogP contribution in [0.2, 0.25) is 0 Å². The zero-order valence-corrected chi connectivity index (χ0v) is 20.5. The smallest absolute Gasteiger partial charge is 0.433 e. The van der Waals surface area contributed by atoms with Crippen LogP contribution in [0.3, 0.4) is 0 Å². The second-order valence-corrected chi connectivity index (χ2v) is 9.04. The molecule has 0 saturated carbocycles. The number of alkyl halides is 3. The van der Waals surface area contributed by atoms with Gasteiger partial charge in [0.1, 0.15) is 17.0 Å². The number of amides is 1.